The van der Waals surface area contributed by atoms with E-state index in [1.54, 1.807) is 13.2 Å². The van der Waals surface area contributed by atoms with Gasteiger partial charge >= 0.3 is 5.97 Å². The standard InChI is InChI=1S/C25H26BrNO5S2/c1-14-8-16(3)18(9-15(14)2)13-32-23-19(26)10-17(11-20(23)30-4)12-21-24(29)27(25(33)34-21)7-6-22(28)31-5/h8-12H,6-7,13H2,1-5H3/b21-12+. The van der Waals surface area contributed by atoms with E-state index in [4.69, 9.17) is 21.7 Å². The van der Waals surface area contributed by atoms with Crippen LogP contribution in [0.2, 0.25) is 0 Å². The van der Waals surface area contributed by atoms with Gasteiger partial charge in [0.15, 0.2) is 11.5 Å². The van der Waals surface area contributed by atoms with Crippen LogP contribution in [0, 0.1) is 20.8 Å². The third kappa shape index (κ3) is 6.00. The predicted molar refractivity (Wildman–Crippen MR) is 142 cm³/mol. The zero-order valence-electron chi connectivity index (χ0n) is 19.7. The Balaban J connectivity index is 1.80. The molecule has 2 aromatic carbocycles. The quantitative estimate of drug-likeness (QED) is 0.231. The number of carbonyl (C=O) groups is 2. The number of hydrogen-bond acceptors (Lipinski definition) is 7. The predicted octanol–water partition coefficient (Wildman–Crippen LogP) is 5.73. The maximum atomic E-state index is 12.8. The van der Waals surface area contributed by atoms with Gasteiger partial charge in [-0.15, -0.1) is 0 Å². The van der Waals surface area contributed by atoms with Crippen molar-refractivity contribution in [2.24, 2.45) is 0 Å². The number of amides is 1. The van der Waals surface area contributed by atoms with Crippen LogP contribution in [0.1, 0.15) is 34.2 Å². The van der Waals surface area contributed by atoms with Gasteiger partial charge in [0.05, 0.1) is 30.0 Å². The topological polar surface area (TPSA) is 65.1 Å². The smallest absolute Gasteiger partial charge is 0.307 e. The van der Waals surface area contributed by atoms with Crippen molar-refractivity contribution in [3.8, 4) is 11.5 Å². The molecule has 1 heterocycles. The number of nitrogens with zero attached hydrogens (tertiary/aromatic N) is 1. The largest absolute Gasteiger partial charge is 0.493 e. The van der Waals surface area contributed by atoms with Crippen molar-refractivity contribution in [1.82, 2.24) is 4.90 Å². The monoisotopic (exact) mass is 563 g/mol. The molecule has 0 spiro atoms. The number of aryl methyl sites for hydroxylation is 3. The molecular weight excluding hydrogens is 538 g/mol. The molecule has 1 amide bonds. The third-order valence-corrected chi connectivity index (χ3v) is 7.48. The molecule has 0 aromatic heterocycles. The van der Waals surface area contributed by atoms with Gasteiger partial charge in [-0.05, 0) is 82.7 Å². The molecule has 6 nitrogen and oxygen atoms in total. The normalized spacial score (nSPS) is 14.6. The molecule has 0 unspecified atom stereocenters. The summed E-state index contributed by atoms with van der Waals surface area (Å²) in [5.74, 6) is 0.504. The molecule has 180 valence electrons. The van der Waals surface area contributed by atoms with Crippen LogP contribution < -0.4 is 9.47 Å². The molecule has 34 heavy (non-hydrogen) atoms. The Morgan fingerprint density at radius 1 is 1.12 bits per heavy atom. The lowest BCUT2D eigenvalue weighted by molar-refractivity contribution is -0.140. The average Bonchev–Trinajstić information content (AvgIpc) is 3.06. The Bertz CT molecular complexity index is 1180. The van der Waals surface area contributed by atoms with Crippen LogP contribution in [0.4, 0.5) is 0 Å². The zero-order chi connectivity index (χ0) is 25.0. The molecule has 9 heteroatoms. The molecule has 1 saturated heterocycles. The van der Waals surface area contributed by atoms with Gasteiger partial charge in [0.25, 0.3) is 5.91 Å². The minimum Gasteiger partial charge on any atom is -0.493 e. The number of benzene rings is 2. The van der Waals surface area contributed by atoms with Crippen LogP contribution >= 0.6 is 39.9 Å². The maximum absolute atomic E-state index is 12.8. The van der Waals surface area contributed by atoms with Crippen LogP contribution in [0.25, 0.3) is 6.08 Å². The first kappa shape index (κ1) is 26.2. The van der Waals surface area contributed by atoms with Crippen molar-refractivity contribution in [2.45, 2.75) is 33.8 Å². The highest BCUT2D eigenvalue weighted by molar-refractivity contribution is 9.10. The van der Waals surface area contributed by atoms with Crippen LogP contribution in [0.3, 0.4) is 0 Å². The first-order valence-electron chi connectivity index (χ1n) is 10.5. The number of methoxy groups -OCH3 is 2. The van der Waals surface area contributed by atoms with E-state index in [0.717, 1.165) is 11.1 Å². The number of halogens is 1. The molecule has 0 aliphatic carbocycles. The first-order chi connectivity index (χ1) is 16.1. The first-order valence-corrected chi connectivity index (χ1v) is 12.6. The van der Waals surface area contributed by atoms with Crippen LogP contribution in [-0.2, 0) is 20.9 Å². The summed E-state index contributed by atoms with van der Waals surface area (Å²) in [6, 6.07) is 7.98. The highest BCUT2D eigenvalue weighted by Crippen LogP contribution is 2.39. The van der Waals surface area contributed by atoms with Crippen molar-refractivity contribution in [1.29, 1.82) is 0 Å². The second-order valence-electron chi connectivity index (χ2n) is 7.85. The highest BCUT2D eigenvalue weighted by Gasteiger charge is 2.32. The van der Waals surface area contributed by atoms with Crippen molar-refractivity contribution in [3.05, 3.63) is 61.5 Å². The summed E-state index contributed by atoms with van der Waals surface area (Å²) in [4.78, 5) is 26.1. The number of esters is 1. The number of hydrogen-bond donors (Lipinski definition) is 0. The summed E-state index contributed by atoms with van der Waals surface area (Å²) in [5.41, 5.74) is 5.50. The van der Waals surface area contributed by atoms with E-state index in [1.807, 2.05) is 12.1 Å². The van der Waals surface area contributed by atoms with Crippen molar-refractivity contribution < 1.29 is 23.8 Å². The molecule has 0 radical (unpaired) electrons. The molecule has 1 aliphatic rings. The van der Waals surface area contributed by atoms with E-state index >= 15 is 0 Å². The van der Waals surface area contributed by atoms with Crippen LogP contribution in [-0.4, -0.2) is 41.9 Å². The van der Waals surface area contributed by atoms with Crippen molar-refractivity contribution in [3.63, 3.8) is 0 Å². The summed E-state index contributed by atoms with van der Waals surface area (Å²) >= 11 is 10.1. The Labute approximate surface area is 217 Å². The lowest BCUT2D eigenvalue weighted by Gasteiger charge is -2.16. The second kappa shape index (κ2) is 11.4. The summed E-state index contributed by atoms with van der Waals surface area (Å²) in [5, 5.41) is 0. The van der Waals surface area contributed by atoms with Gasteiger partial charge in [0.2, 0.25) is 0 Å². The lowest BCUT2D eigenvalue weighted by atomic mass is 10.0. The molecule has 3 rings (SSSR count). The van der Waals surface area contributed by atoms with Crippen LogP contribution in [0.15, 0.2) is 33.6 Å². The fourth-order valence-corrected chi connectivity index (χ4v) is 5.32. The highest BCUT2D eigenvalue weighted by atomic mass is 79.9. The van der Waals surface area contributed by atoms with Crippen molar-refractivity contribution >= 4 is 62.2 Å². The molecule has 1 aliphatic heterocycles. The summed E-state index contributed by atoms with van der Waals surface area (Å²) in [6.45, 7) is 6.84. The Kier molecular flexibility index (Phi) is 8.78. The van der Waals surface area contributed by atoms with E-state index in [2.05, 4.69) is 53.6 Å². The van der Waals surface area contributed by atoms with Crippen LogP contribution in [0.5, 0.6) is 11.5 Å². The van der Waals surface area contributed by atoms with Crippen molar-refractivity contribution in [2.75, 3.05) is 20.8 Å². The van der Waals surface area contributed by atoms with E-state index in [9.17, 15) is 9.59 Å². The fourth-order valence-electron chi connectivity index (χ4n) is 3.44. The van der Waals surface area contributed by atoms with E-state index < -0.39 is 5.97 Å². The SMILES string of the molecule is COC(=O)CCN1C(=O)/C(=C\c2cc(Br)c(OCc3cc(C)c(C)cc3C)c(OC)c2)SC1=S. The Morgan fingerprint density at radius 3 is 2.50 bits per heavy atom. The maximum Gasteiger partial charge on any atom is 0.307 e. The molecular formula is C25H26BrNO5S2. The van der Waals surface area contributed by atoms with Gasteiger partial charge in [0, 0.05) is 6.54 Å². The van der Waals surface area contributed by atoms with Gasteiger partial charge in [-0.2, -0.15) is 0 Å². The number of carbonyl (C=O) groups excluding carboxylic acids is 2. The summed E-state index contributed by atoms with van der Waals surface area (Å²) in [6.07, 6.45) is 1.84. The number of thiocarbonyl (C=S) groups is 1. The lowest BCUT2D eigenvalue weighted by Crippen LogP contribution is -2.30. The third-order valence-electron chi connectivity index (χ3n) is 5.51. The summed E-state index contributed by atoms with van der Waals surface area (Å²) in [7, 11) is 2.89. The molecule has 2 aromatic rings. The number of thioether (sulfide) groups is 1. The van der Waals surface area contributed by atoms with E-state index in [0.29, 0.717) is 31.8 Å². The molecule has 0 N–H and O–H groups in total. The molecule has 0 atom stereocenters. The Morgan fingerprint density at radius 2 is 1.82 bits per heavy atom. The van der Waals surface area contributed by atoms with Gasteiger partial charge < -0.3 is 14.2 Å². The van der Waals surface area contributed by atoms with E-state index in [-0.39, 0.29) is 18.9 Å². The number of rotatable bonds is 8. The van der Waals surface area contributed by atoms with Gasteiger partial charge in [0.1, 0.15) is 10.9 Å². The molecule has 1 fully saturated rings. The summed E-state index contributed by atoms with van der Waals surface area (Å²) < 4.78 is 17.5. The van der Waals surface area contributed by atoms with Gasteiger partial charge in [-0.1, -0.05) is 36.1 Å². The number of ether oxygens (including phenoxy) is 3. The average molecular weight is 565 g/mol. The minimum atomic E-state index is -0.390. The van der Waals surface area contributed by atoms with Gasteiger partial charge in [-0.3, -0.25) is 14.5 Å². The van der Waals surface area contributed by atoms with E-state index in [1.165, 1.54) is 40.5 Å². The fraction of sp³-hybridized carbons (Fsp3) is 0.320. The van der Waals surface area contributed by atoms with Gasteiger partial charge in [-0.25, -0.2) is 0 Å². The zero-order valence-corrected chi connectivity index (χ0v) is 22.9. The molecule has 0 bridgehead atoms. The second-order valence-corrected chi connectivity index (χ2v) is 10.4. The molecule has 0 saturated carbocycles. The Hall–Kier alpha value is -2.36. The minimum absolute atomic E-state index is 0.0849.